The lowest BCUT2D eigenvalue weighted by Gasteiger charge is -2.33. The minimum atomic E-state index is 0.508. The van der Waals surface area contributed by atoms with Gasteiger partial charge in [0.15, 0.2) is 5.65 Å². The van der Waals surface area contributed by atoms with Crippen LogP contribution >= 0.6 is 0 Å². The van der Waals surface area contributed by atoms with E-state index in [1.54, 1.807) is 0 Å². The molecule has 0 aliphatic carbocycles. The number of rotatable bonds is 6. The number of anilines is 1. The normalized spacial score (nSPS) is 14.7. The fourth-order valence-corrected chi connectivity index (χ4v) is 4.16. The first-order chi connectivity index (χ1) is 16.0. The maximum Gasteiger partial charge on any atom is 0.160 e. The number of ether oxygens (including phenoxy) is 1. The molecule has 0 amide bonds. The van der Waals surface area contributed by atoms with Crippen LogP contribution < -0.4 is 9.64 Å². The first-order valence-corrected chi connectivity index (χ1v) is 11.3. The Morgan fingerprint density at radius 2 is 1.67 bits per heavy atom. The Labute approximate surface area is 195 Å². The van der Waals surface area contributed by atoms with Gasteiger partial charge in [0.25, 0.3) is 0 Å². The smallest absolute Gasteiger partial charge is 0.160 e. The summed E-state index contributed by atoms with van der Waals surface area (Å²) in [6, 6.07) is 16.3. The van der Waals surface area contributed by atoms with Crippen LogP contribution in [0.5, 0.6) is 5.75 Å². The lowest BCUT2D eigenvalue weighted by Crippen LogP contribution is -2.44. The van der Waals surface area contributed by atoms with Crippen LogP contribution in [-0.4, -0.2) is 52.7 Å². The third-order valence-corrected chi connectivity index (χ3v) is 6.20. The average molecular weight is 440 g/mol. The van der Waals surface area contributed by atoms with E-state index < -0.39 is 0 Å². The summed E-state index contributed by atoms with van der Waals surface area (Å²) < 4.78 is 8.06. The molecule has 0 N–H and O–H groups in total. The fraction of sp³-hybridized carbons (Fsp3) is 0.259. The molecule has 168 valence electrons. The fourth-order valence-electron chi connectivity index (χ4n) is 4.16. The maximum atomic E-state index is 5.98. The van der Waals surface area contributed by atoms with Crippen molar-refractivity contribution in [2.75, 3.05) is 38.1 Å². The number of piperazine rings is 1. The molecule has 0 bridgehead atoms. The van der Waals surface area contributed by atoms with Gasteiger partial charge in [-0.2, -0.15) is 0 Å². The zero-order valence-electron chi connectivity index (χ0n) is 19.1. The van der Waals surface area contributed by atoms with E-state index in [4.69, 9.17) is 9.72 Å². The van der Waals surface area contributed by atoms with Gasteiger partial charge in [-0.3, -0.25) is 0 Å². The monoisotopic (exact) mass is 439 g/mol. The lowest BCUT2D eigenvalue weighted by atomic mass is 10.1. The molecule has 33 heavy (non-hydrogen) atoms. The van der Waals surface area contributed by atoms with E-state index >= 15 is 0 Å². The third-order valence-electron chi connectivity index (χ3n) is 6.20. The van der Waals surface area contributed by atoms with E-state index in [9.17, 15) is 0 Å². The number of hydrogen-bond acceptors (Lipinski definition) is 5. The Bertz CT molecular complexity index is 1240. The van der Waals surface area contributed by atoms with E-state index in [0.29, 0.717) is 13.2 Å². The number of aromatic nitrogens is 3. The summed E-state index contributed by atoms with van der Waals surface area (Å²) in [6.45, 7) is 13.5. The minimum Gasteiger partial charge on any atom is -0.489 e. The van der Waals surface area contributed by atoms with Crippen LogP contribution in [0, 0.1) is 13.8 Å². The zero-order chi connectivity index (χ0) is 22.8. The molecule has 0 saturated carbocycles. The Kier molecular flexibility index (Phi) is 6.01. The van der Waals surface area contributed by atoms with Gasteiger partial charge in [0, 0.05) is 26.2 Å². The molecule has 0 unspecified atom stereocenters. The van der Waals surface area contributed by atoms with Crippen LogP contribution in [0.15, 0.2) is 61.1 Å². The molecule has 1 aliphatic heterocycles. The zero-order valence-corrected chi connectivity index (χ0v) is 19.1. The number of hydrogen-bond donors (Lipinski definition) is 0. The number of benzene rings is 2. The highest BCUT2D eigenvalue weighted by atomic mass is 16.5. The van der Waals surface area contributed by atoms with E-state index in [0.717, 1.165) is 71.0 Å². The molecule has 2 aromatic heterocycles. The molecule has 6 nitrogen and oxygen atoms in total. The van der Waals surface area contributed by atoms with E-state index in [-0.39, 0.29) is 0 Å². The van der Waals surface area contributed by atoms with Gasteiger partial charge in [0.1, 0.15) is 17.9 Å². The summed E-state index contributed by atoms with van der Waals surface area (Å²) in [5.41, 5.74) is 7.08. The van der Waals surface area contributed by atoms with Crippen molar-refractivity contribution >= 4 is 16.9 Å². The highest BCUT2D eigenvalue weighted by molar-refractivity contribution is 5.75. The molecule has 4 aromatic rings. The number of pyridine rings is 1. The number of nitrogens with zero attached hydrogens (tertiary/aromatic N) is 5. The van der Waals surface area contributed by atoms with Crippen LogP contribution in [0.25, 0.3) is 11.2 Å². The van der Waals surface area contributed by atoms with Gasteiger partial charge in [-0.05, 0) is 55.3 Å². The SMILES string of the molecule is [CH2]c1ccc(COc2ccc(Cn3cnc4cc(N5CCN(C)CC5)cnc43)cc2[CH2])cc1. The molecule has 1 fully saturated rings. The lowest BCUT2D eigenvalue weighted by molar-refractivity contribution is 0.305. The molecule has 0 spiro atoms. The van der Waals surface area contributed by atoms with Gasteiger partial charge >= 0.3 is 0 Å². The predicted octanol–water partition coefficient (Wildman–Crippen LogP) is 4.17. The quantitative estimate of drug-likeness (QED) is 0.451. The minimum absolute atomic E-state index is 0.508. The van der Waals surface area contributed by atoms with E-state index in [2.05, 4.69) is 58.4 Å². The van der Waals surface area contributed by atoms with Gasteiger partial charge in [0.05, 0.1) is 24.8 Å². The Morgan fingerprint density at radius 3 is 2.42 bits per heavy atom. The predicted molar refractivity (Wildman–Crippen MR) is 132 cm³/mol. The standard InChI is InChI=1S/C27H29N5O/c1-20-4-6-22(7-5-20)18-33-26-9-8-23(14-21(26)2)17-32-19-29-25-15-24(16-28-27(25)32)31-12-10-30(3)11-13-31/h4-9,14-16,19H,1-2,10-13,17-18H2,3H3. The van der Waals surface area contributed by atoms with E-state index in [1.165, 1.54) is 0 Å². The average Bonchev–Trinajstić information content (AvgIpc) is 3.22. The summed E-state index contributed by atoms with van der Waals surface area (Å²) >= 11 is 0. The van der Waals surface area contributed by atoms with Crippen LogP contribution in [0.4, 0.5) is 5.69 Å². The van der Waals surface area contributed by atoms with Crippen molar-refractivity contribution < 1.29 is 4.74 Å². The van der Waals surface area contributed by atoms with Gasteiger partial charge < -0.3 is 19.1 Å². The van der Waals surface area contributed by atoms with Gasteiger partial charge in [-0.15, -0.1) is 0 Å². The van der Waals surface area contributed by atoms with Gasteiger partial charge in [0.2, 0.25) is 0 Å². The van der Waals surface area contributed by atoms with Crippen molar-refractivity contribution in [3.05, 3.63) is 97.2 Å². The summed E-state index contributed by atoms with van der Waals surface area (Å²) in [7, 11) is 2.16. The second-order valence-corrected chi connectivity index (χ2v) is 8.75. The highest BCUT2D eigenvalue weighted by Crippen LogP contribution is 2.24. The van der Waals surface area contributed by atoms with Gasteiger partial charge in [-0.25, -0.2) is 9.97 Å². The first-order valence-electron chi connectivity index (χ1n) is 11.3. The van der Waals surface area contributed by atoms with Gasteiger partial charge in [-0.1, -0.05) is 36.4 Å². The third kappa shape index (κ3) is 4.86. The highest BCUT2D eigenvalue weighted by Gasteiger charge is 2.16. The van der Waals surface area contributed by atoms with Crippen molar-refractivity contribution in [1.82, 2.24) is 19.4 Å². The molecular formula is C27H29N5O. The van der Waals surface area contributed by atoms with E-state index in [1.807, 2.05) is 42.9 Å². The molecule has 2 aromatic carbocycles. The van der Waals surface area contributed by atoms with Crippen molar-refractivity contribution in [2.24, 2.45) is 0 Å². The van der Waals surface area contributed by atoms with Crippen molar-refractivity contribution in [3.63, 3.8) is 0 Å². The number of imidazole rings is 1. The van der Waals surface area contributed by atoms with Crippen molar-refractivity contribution in [1.29, 1.82) is 0 Å². The van der Waals surface area contributed by atoms with Crippen molar-refractivity contribution in [3.8, 4) is 5.75 Å². The van der Waals surface area contributed by atoms with Crippen LogP contribution in [-0.2, 0) is 13.2 Å². The molecule has 0 atom stereocenters. The summed E-state index contributed by atoms with van der Waals surface area (Å²) in [5, 5.41) is 0. The molecule has 5 rings (SSSR count). The molecule has 1 aliphatic rings. The maximum absolute atomic E-state index is 5.98. The summed E-state index contributed by atoms with van der Waals surface area (Å²) in [5.74, 6) is 0.794. The summed E-state index contributed by atoms with van der Waals surface area (Å²) in [4.78, 5) is 14.1. The second-order valence-electron chi connectivity index (χ2n) is 8.75. The first kappa shape index (κ1) is 21.5. The van der Waals surface area contributed by atoms with Crippen LogP contribution in [0.3, 0.4) is 0 Å². The molecule has 3 heterocycles. The van der Waals surface area contributed by atoms with Crippen molar-refractivity contribution in [2.45, 2.75) is 13.2 Å². The molecular weight excluding hydrogens is 410 g/mol. The van der Waals surface area contributed by atoms with Crippen LogP contribution in [0.1, 0.15) is 22.3 Å². The molecule has 1 saturated heterocycles. The Hall–Kier alpha value is -3.38. The number of fused-ring (bicyclic) bond motifs is 1. The number of likely N-dealkylation sites (N-methyl/N-ethyl adjacent to an activating group) is 1. The Morgan fingerprint density at radius 1 is 0.909 bits per heavy atom. The Balaban J connectivity index is 1.27. The molecule has 2 radical (unpaired) electrons. The second kappa shape index (κ2) is 9.24. The largest absolute Gasteiger partial charge is 0.489 e. The summed E-state index contributed by atoms with van der Waals surface area (Å²) in [6.07, 6.45) is 3.83. The topological polar surface area (TPSA) is 46.4 Å². The van der Waals surface area contributed by atoms with Crippen LogP contribution in [0.2, 0.25) is 0 Å². The molecule has 6 heteroatoms.